The van der Waals surface area contributed by atoms with Crippen LogP contribution in [0.2, 0.25) is 0 Å². The van der Waals surface area contributed by atoms with Crippen molar-refractivity contribution in [3.8, 4) is 5.88 Å². The standard InChI is InChI=1S/C18H23N5O3/c1-22(2)15-9-19-10-16(20-15)25-12-7-8-23(11-12)18(24)17-13-5-3-4-6-14(13)26-21-17/h9-10,12H,3-8,11H2,1-2H3. The lowest BCUT2D eigenvalue weighted by Crippen LogP contribution is -2.32. The average Bonchev–Trinajstić information content (AvgIpc) is 3.28. The first-order chi connectivity index (χ1) is 12.6. The van der Waals surface area contributed by atoms with Crippen molar-refractivity contribution in [2.45, 2.75) is 38.2 Å². The number of fused-ring (bicyclic) bond motifs is 1. The van der Waals surface area contributed by atoms with E-state index >= 15 is 0 Å². The summed E-state index contributed by atoms with van der Waals surface area (Å²) in [5, 5.41) is 4.05. The Kier molecular flexibility index (Phi) is 4.48. The van der Waals surface area contributed by atoms with Gasteiger partial charge in [0.15, 0.2) is 11.5 Å². The van der Waals surface area contributed by atoms with E-state index in [0.717, 1.165) is 49.2 Å². The third-order valence-corrected chi connectivity index (χ3v) is 4.93. The molecule has 0 N–H and O–H groups in total. The number of carbonyl (C=O) groups is 1. The zero-order valence-corrected chi connectivity index (χ0v) is 15.1. The summed E-state index contributed by atoms with van der Waals surface area (Å²) in [5.41, 5.74) is 1.48. The minimum absolute atomic E-state index is 0.0591. The van der Waals surface area contributed by atoms with E-state index in [4.69, 9.17) is 9.26 Å². The average molecular weight is 357 g/mol. The zero-order chi connectivity index (χ0) is 18.1. The van der Waals surface area contributed by atoms with Crippen molar-refractivity contribution in [3.63, 3.8) is 0 Å². The molecule has 2 aromatic rings. The lowest BCUT2D eigenvalue weighted by atomic mass is 9.96. The summed E-state index contributed by atoms with van der Waals surface area (Å²) < 4.78 is 11.3. The number of amides is 1. The highest BCUT2D eigenvalue weighted by Crippen LogP contribution is 2.26. The molecule has 1 atom stereocenters. The molecule has 138 valence electrons. The Hall–Kier alpha value is -2.64. The third-order valence-electron chi connectivity index (χ3n) is 4.93. The highest BCUT2D eigenvalue weighted by atomic mass is 16.5. The van der Waals surface area contributed by atoms with E-state index in [1.165, 1.54) is 0 Å². The molecule has 1 amide bonds. The van der Waals surface area contributed by atoms with Gasteiger partial charge in [-0.1, -0.05) is 5.16 Å². The Morgan fingerprint density at radius 1 is 1.31 bits per heavy atom. The lowest BCUT2D eigenvalue weighted by Gasteiger charge is -2.17. The quantitative estimate of drug-likeness (QED) is 0.823. The number of ether oxygens (including phenoxy) is 1. The summed E-state index contributed by atoms with van der Waals surface area (Å²) in [6.07, 6.45) is 7.90. The van der Waals surface area contributed by atoms with Gasteiger partial charge in [0, 0.05) is 39.0 Å². The van der Waals surface area contributed by atoms with E-state index in [-0.39, 0.29) is 12.0 Å². The smallest absolute Gasteiger partial charge is 0.276 e. The molecule has 1 unspecified atom stereocenters. The van der Waals surface area contributed by atoms with Crippen LogP contribution in [0.25, 0.3) is 0 Å². The summed E-state index contributed by atoms with van der Waals surface area (Å²) in [7, 11) is 3.81. The monoisotopic (exact) mass is 357 g/mol. The van der Waals surface area contributed by atoms with E-state index < -0.39 is 0 Å². The largest absolute Gasteiger partial charge is 0.471 e. The van der Waals surface area contributed by atoms with Crippen LogP contribution in [-0.2, 0) is 12.8 Å². The second kappa shape index (κ2) is 6.93. The Bertz CT molecular complexity index is 804. The maximum absolute atomic E-state index is 12.8. The van der Waals surface area contributed by atoms with Crippen LogP contribution in [0.3, 0.4) is 0 Å². The molecular formula is C18H23N5O3. The maximum Gasteiger partial charge on any atom is 0.276 e. The summed E-state index contributed by atoms with van der Waals surface area (Å²) in [4.78, 5) is 25.1. The normalized spacial score (nSPS) is 19.3. The maximum atomic E-state index is 12.8. The summed E-state index contributed by atoms with van der Waals surface area (Å²) >= 11 is 0. The fourth-order valence-corrected chi connectivity index (χ4v) is 3.49. The van der Waals surface area contributed by atoms with Crippen molar-refractivity contribution >= 4 is 11.7 Å². The second-order valence-corrected chi connectivity index (χ2v) is 7.03. The number of aryl methyl sites for hydroxylation is 1. The third kappa shape index (κ3) is 3.23. The molecule has 2 aromatic heterocycles. The Balaban J connectivity index is 1.41. The highest BCUT2D eigenvalue weighted by molar-refractivity contribution is 5.94. The Morgan fingerprint density at radius 3 is 3.00 bits per heavy atom. The number of aromatic nitrogens is 3. The number of nitrogens with zero attached hydrogens (tertiary/aromatic N) is 5. The van der Waals surface area contributed by atoms with E-state index in [2.05, 4.69) is 15.1 Å². The number of anilines is 1. The van der Waals surface area contributed by atoms with Crippen molar-refractivity contribution in [1.29, 1.82) is 0 Å². The van der Waals surface area contributed by atoms with Crippen molar-refractivity contribution in [2.75, 3.05) is 32.1 Å². The summed E-state index contributed by atoms with van der Waals surface area (Å²) in [6.45, 7) is 1.17. The fourth-order valence-electron chi connectivity index (χ4n) is 3.49. The minimum Gasteiger partial charge on any atom is -0.471 e. The second-order valence-electron chi connectivity index (χ2n) is 7.03. The summed E-state index contributed by atoms with van der Waals surface area (Å²) in [5.74, 6) is 2.04. The molecule has 1 aliphatic heterocycles. The van der Waals surface area contributed by atoms with E-state index in [1.807, 2.05) is 19.0 Å². The van der Waals surface area contributed by atoms with Gasteiger partial charge in [0.1, 0.15) is 11.9 Å². The molecule has 0 radical (unpaired) electrons. The number of likely N-dealkylation sites (tertiary alicyclic amines) is 1. The predicted molar refractivity (Wildman–Crippen MR) is 94.4 cm³/mol. The lowest BCUT2D eigenvalue weighted by molar-refractivity contribution is 0.0760. The van der Waals surface area contributed by atoms with Gasteiger partial charge in [-0.3, -0.25) is 9.78 Å². The zero-order valence-electron chi connectivity index (χ0n) is 15.1. The number of carbonyl (C=O) groups excluding carboxylic acids is 1. The molecule has 3 heterocycles. The number of hydrogen-bond acceptors (Lipinski definition) is 7. The molecule has 0 bridgehead atoms. The van der Waals surface area contributed by atoms with Gasteiger partial charge in [-0.15, -0.1) is 0 Å². The Labute approximate surface area is 152 Å². The molecule has 8 heteroatoms. The molecule has 26 heavy (non-hydrogen) atoms. The topological polar surface area (TPSA) is 84.6 Å². The molecule has 8 nitrogen and oxygen atoms in total. The molecule has 1 aliphatic carbocycles. The van der Waals surface area contributed by atoms with E-state index in [1.54, 1.807) is 17.3 Å². The van der Waals surface area contributed by atoms with Crippen LogP contribution in [0.1, 0.15) is 41.1 Å². The number of hydrogen-bond donors (Lipinski definition) is 0. The molecular weight excluding hydrogens is 334 g/mol. The first-order valence-corrected chi connectivity index (χ1v) is 9.04. The molecule has 0 spiro atoms. The predicted octanol–water partition coefficient (Wildman–Crippen LogP) is 1.70. The molecule has 4 rings (SSSR count). The first kappa shape index (κ1) is 16.8. The van der Waals surface area contributed by atoms with Gasteiger partial charge in [0.05, 0.1) is 18.9 Å². The van der Waals surface area contributed by atoms with Gasteiger partial charge >= 0.3 is 0 Å². The van der Waals surface area contributed by atoms with Gasteiger partial charge in [-0.25, -0.2) is 0 Å². The fraction of sp³-hybridized carbons (Fsp3) is 0.556. The van der Waals surface area contributed by atoms with Crippen LogP contribution in [0.5, 0.6) is 5.88 Å². The van der Waals surface area contributed by atoms with Gasteiger partial charge in [0.25, 0.3) is 5.91 Å². The molecule has 2 aliphatic rings. The van der Waals surface area contributed by atoms with Crippen LogP contribution in [-0.4, -0.2) is 59.2 Å². The van der Waals surface area contributed by atoms with Crippen molar-refractivity contribution in [1.82, 2.24) is 20.0 Å². The van der Waals surface area contributed by atoms with E-state index in [0.29, 0.717) is 24.7 Å². The highest BCUT2D eigenvalue weighted by Gasteiger charge is 2.33. The van der Waals surface area contributed by atoms with Crippen LogP contribution in [0.15, 0.2) is 16.9 Å². The van der Waals surface area contributed by atoms with Crippen molar-refractivity contribution in [2.24, 2.45) is 0 Å². The van der Waals surface area contributed by atoms with Crippen LogP contribution in [0, 0.1) is 0 Å². The first-order valence-electron chi connectivity index (χ1n) is 9.04. The van der Waals surface area contributed by atoms with Gasteiger partial charge in [-0.05, 0) is 19.3 Å². The van der Waals surface area contributed by atoms with Gasteiger partial charge in [0.2, 0.25) is 5.88 Å². The molecule has 0 aromatic carbocycles. The van der Waals surface area contributed by atoms with Gasteiger partial charge in [-0.2, -0.15) is 4.98 Å². The molecule has 0 saturated carbocycles. The van der Waals surface area contributed by atoms with Crippen LogP contribution < -0.4 is 9.64 Å². The summed E-state index contributed by atoms with van der Waals surface area (Å²) in [6, 6.07) is 0. The van der Waals surface area contributed by atoms with E-state index in [9.17, 15) is 4.79 Å². The minimum atomic E-state index is -0.0895. The molecule has 1 fully saturated rings. The SMILES string of the molecule is CN(C)c1cncc(OC2CCN(C(=O)c3noc4c3CCCC4)C2)n1. The van der Waals surface area contributed by atoms with Crippen molar-refractivity contribution < 1.29 is 14.1 Å². The Morgan fingerprint density at radius 2 is 2.15 bits per heavy atom. The number of rotatable bonds is 4. The van der Waals surface area contributed by atoms with Crippen LogP contribution >= 0.6 is 0 Å². The molecule has 1 saturated heterocycles. The van der Waals surface area contributed by atoms with Crippen molar-refractivity contribution in [3.05, 3.63) is 29.4 Å². The van der Waals surface area contributed by atoms with Gasteiger partial charge < -0.3 is 19.1 Å². The van der Waals surface area contributed by atoms with Crippen LogP contribution in [0.4, 0.5) is 5.82 Å².